The van der Waals surface area contributed by atoms with Gasteiger partial charge < -0.3 is 10.1 Å². The topological polar surface area (TPSA) is 21.3 Å². The highest BCUT2D eigenvalue weighted by Crippen LogP contribution is 2.32. The van der Waals surface area contributed by atoms with Gasteiger partial charge in [-0.1, -0.05) is 48.9 Å². The van der Waals surface area contributed by atoms with Crippen LogP contribution in [0.15, 0.2) is 42.5 Å². The van der Waals surface area contributed by atoms with Gasteiger partial charge in [0, 0.05) is 12.1 Å². The largest absolute Gasteiger partial charge is 0.496 e. The number of nitrogens with one attached hydrogen (secondary N) is 1. The third-order valence-electron chi connectivity index (χ3n) is 3.23. The molecule has 2 aromatic rings. The summed E-state index contributed by atoms with van der Waals surface area (Å²) in [5.74, 6) is 0.922. The average molecular weight is 255 g/mol. The number of hydrogen-bond donors (Lipinski definition) is 1. The maximum atomic E-state index is 5.48. The van der Waals surface area contributed by atoms with Crippen molar-refractivity contribution >= 4 is 0 Å². The van der Waals surface area contributed by atoms with Crippen molar-refractivity contribution in [1.29, 1.82) is 0 Å². The lowest BCUT2D eigenvalue weighted by Gasteiger charge is -2.14. The van der Waals surface area contributed by atoms with Gasteiger partial charge in [-0.2, -0.15) is 0 Å². The maximum absolute atomic E-state index is 5.48. The molecule has 0 bridgehead atoms. The zero-order chi connectivity index (χ0) is 13.7. The third-order valence-corrected chi connectivity index (χ3v) is 3.23. The van der Waals surface area contributed by atoms with E-state index in [2.05, 4.69) is 49.5 Å². The molecule has 0 aliphatic rings. The predicted molar refractivity (Wildman–Crippen MR) is 80.5 cm³/mol. The first-order valence-corrected chi connectivity index (χ1v) is 6.70. The summed E-state index contributed by atoms with van der Waals surface area (Å²) in [5.41, 5.74) is 4.97. The fraction of sp³-hybridized carbons (Fsp3) is 0.294. The summed E-state index contributed by atoms with van der Waals surface area (Å²) < 4.78 is 5.48. The van der Waals surface area contributed by atoms with Crippen molar-refractivity contribution in [3.8, 4) is 16.9 Å². The van der Waals surface area contributed by atoms with Crippen LogP contribution in [0.1, 0.15) is 18.1 Å². The quantitative estimate of drug-likeness (QED) is 0.878. The fourth-order valence-corrected chi connectivity index (χ4v) is 2.22. The monoisotopic (exact) mass is 255 g/mol. The Morgan fingerprint density at radius 2 is 1.84 bits per heavy atom. The Balaban J connectivity index is 2.49. The second-order valence-corrected chi connectivity index (χ2v) is 4.64. The molecule has 0 saturated heterocycles. The van der Waals surface area contributed by atoms with Gasteiger partial charge in [-0.05, 0) is 30.7 Å². The summed E-state index contributed by atoms with van der Waals surface area (Å²) in [5, 5.41) is 3.39. The van der Waals surface area contributed by atoms with Gasteiger partial charge in [0.05, 0.1) is 7.11 Å². The normalized spacial score (nSPS) is 10.5. The zero-order valence-corrected chi connectivity index (χ0v) is 11.9. The van der Waals surface area contributed by atoms with Crippen LogP contribution < -0.4 is 10.1 Å². The standard InChI is InChI=1S/C17H21NO/c1-4-18-12-14-10-9-13(2)11-16(14)15-7-5-6-8-17(15)19-3/h5-11,18H,4,12H2,1-3H3. The molecule has 2 nitrogen and oxygen atoms in total. The van der Waals surface area contributed by atoms with Crippen molar-refractivity contribution < 1.29 is 4.74 Å². The molecule has 0 aliphatic carbocycles. The van der Waals surface area contributed by atoms with Gasteiger partial charge in [0.25, 0.3) is 0 Å². The van der Waals surface area contributed by atoms with Crippen LogP contribution in [0.2, 0.25) is 0 Å². The highest BCUT2D eigenvalue weighted by atomic mass is 16.5. The van der Waals surface area contributed by atoms with Crippen molar-refractivity contribution in [1.82, 2.24) is 5.32 Å². The smallest absolute Gasteiger partial charge is 0.126 e. The highest BCUT2D eigenvalue weighted by molar-refractivity contribution is 5.74. The minimum Gasteiger partial charge on any atom is -0.496 e. The van der Waals surface area contributed by atoms with E-state index in [9.17, 15) is 0 Å². The van der Waals surface area contributed by atoms with Gasteiger partial charge in [-0.15, -0.1) is 0 Å². The number of para-hydroxylation sites is 1. The van der Waals surface area contributed by atoms with Crippen molar-refractivity contribution in [3.05, 3.63) is 53.6 Å². The van der Waals surface area contributed by atoms with E-state index in [0.29, 0.717) is 0 Å². The number of hydrogen-bond acceptors (Lipinski definition) is 2. The van der Waals surface area contributed by atoms with E-state index in [1.807, 2.05) is 12.1 Å². The minimum absolute atomic E-state index is 0.879. The first-order valence-electron chi connectivity index (χ1n) is 6.70. The number of benzene rings is 2. The van der Waals surface area contributed by atoms with Gasteiger partial charge in [-0.25, -0.2) is 0 Å². The minimum atomic E-state index is 0.879. The molecule has 2 aromatic carbocycles. The zero-order valence-electron chi connectivity index (χ0n) is 11.9. The lowest BCUT2D eigenvalue weighted by Crippen LogP contribution is -2.12. The first-order chi connectivity index (χ1) is 9.26. The molecule has 0 aliphatic heterocycles. The second kappa shape index (κ2) is 6.39. The molecule has 1 N–H and O–H groups in total. The van der Waals surface area contributed by atoms with Crippen LogP contribution in [0.5, 0.6) is 5.75 Å². The highest BCUT2D eigenvalue weighted by Gasteiger charge is 2.09. The molecule has 0 saturated carbocycles. The Bertz CT molecular complexity index is 549. The lowest BCUT2D eigenvalue weighted by atomic mass is 9.96. The van der Waals surface area contributed by atoms with Crippen LogP contribution in [-0.2, 0) is 6.54 Å². The van der Waals surface area contributed by atoms with E-state index in [0.717, 1.165) is 24.4 Å². The SMILES string of the molecule is CCNCc1ccc(C)cc1-c1ccccc1OC. The Morgan fingerprint density at radius 3 is 2.58 bits per heavy atom. The summed E-state index contributed by atoms with van der Waals surface area (Å²) in [6.45, 7) is 6.09. The molecular weight excluding hydrogens is 234 g/mol. The lowest BCUT2D eigenvalue weighted by molar-refractivity contribution is 0.416. The molecule has 0 aromatic heterocycles. The van der Waals surface area contributed by atoms with Gasteiger partial charge >= 0.3 is 0 Å². The number of ether oxygens (including phenoxy) is 1. The Morgan fingerprint density at radius 1 is 1.05 bits per heavy atom. The summed E-state index contributed by atoms with van der Waals surface area (Å²) in [7, 11) is 1.72. The maximum Gasteiger partial charge on any atom is 0.126 e. The molecular formula is C17H21NO. The molecule has 0 unspecified atom stereocenters. The Labute approximate surface area is 115 Å². The molecule has 0 fully saturated rings. The predicted octanol–water partition coefficient (Wildman–Crippen LogP) is 3.78. The molecule has 2 heteroatoms. The Hall–Kier alpha value is -1.80. The molecule has 0 atom stereocenters. The molecule has 100 valence electrons. The molecule has 0 spiro atoms. The van der Waals surface area contributed by atoms with Gasteiger partial charge in [0.2, 0.25) is 0 Å². The number of rotatable bonds is 5. The van der Waals surface area contributed by atoms with E-state index >= 15 is 0 Å². The van der Waals surface area contributed by atoms with Gasteiger partial charge in [0.15, 0.2) is 0 Å². The Kier molecular flexibility index (Phi) is 4.58. The molecule has 0 radical (unpaired) electrons. The van der Waals surface area contributed by atoms with E-state index in [1.54, 1.807) is 7.11 Å². The van der Waals surface area contributed by atoms with Gasteiger partial charge in [-0.3, -0.25) is 0 Å². The summed E-state index contributed by atoms with van der Waals surface area (Å²) >= 11 is 0. The number of aryl methyl sites for hydroxylation is 1. The van der Waals surface area contributed by atoms with Crippen molar-refractivity contribution in [2.24, 2.45) is 0 Å². The average Bonchev–Trinajstić information content (AvgIpc) is 2.46. The van der Waals surface area contributed by atoms with Crippen LogP contribution in [0.3, 0.4) is 0 Å². The van der Waals surface area contributed by atoms with Crippen molar-refractivity contribution in [2.45, 2.75) is 20.4 Å². The van der Waals surface area contributed by atoms with Crippen LogP contribution in [0, 0.1) is 6.92 Å². The van der Waals surface area contributed by atoms with Crippen LogP contribution >= 0.6 is 0 Å². The molecule has 2 rings (SSSR count). The van der Waals surface area contributed by atoms with Crippen molar-refractivity contribution in [2.75, 3.05) is 13.7 Å². The summed E-state index contributed by atoms with van der Waals surface area (Å²) in [4.78, 5) is 0. The van der Waals surface area contributed by atoms with E-state index in [-0.39, 0.29) is 0 Å². The van der Waals surface area contributed by atoms with Crippen LogP contribution in [0.25, 0.3) is 11.1 Å². The fourth-order valence-electron chi connectivity index (χ4n) is 2.22. The molecule has 0 heterocycles. The van der Waals surface area contributed by atoms with Gasteiger partial charge in [0.1, 0.15) is 5.75 Å². The summed E-state index contributed by atoms with van der Waals surface area (Å²) in [6, 6.07) is 14.8. The number of methoxy groups -OCH3 is 1. The van der Waals surface area contributed by atoms with E-state index < -0.39 is 0 Å². The first kappa shape index (κ1) is 13.6. The van der Waals surface area contributed by atoms with E-state index in [1.165, 1.54) is 16.7 Å². The second-order valence-electron chi connectivity index (χ2n) is 4.64. The molecule has 0 amide bonds. The third kappa shape index (κ3) is 3.15. The van der Waals surface area contributed by atoms with Crippen LogP contribution in [0.4, 0.5) is 0 Å². The molecule has 19 heavy (non-hydrogen) atoms. The summed E-state index contributed by atoms with van der Waals surface area (Å²) in [6.07, 6.45) is 0. The van der Waals surface area contributed by atoms with Crippen molar-refractivity contribution in [3.63, 3.8) is 0 Å². The van der Waals surface area contributed by atoms with Crippen LogP contribution in [-0.4, -0.2) is 13.7 Å². The van der Waals surface area contributed by atoms with E-state index in [4.69, 9.17) is 4.74 Å².